The maximum Gasteiger partial charge on any atom is 0.271 e. The van der Waals surface area contributed by atoms with Crippen molar-refractivity contribution in [2.75, 3.05) is 24.4 Å². The van der Waals surface area contributed by atoms with E-state index in [2.05, 4.69) is 4.72 Å². The molecule has 1 aliphatic rings. The van der Waals surface area contributed by atoms with Gasteiger partial charge in [0.15, 0.2) is 0 Å². The number of carbonyl (C=O) groups excluding carboxylic acids is 1. The standard InChI is InChI=1S/C17H20N2O4S2/c1-12-11-19(8-9-23-12)17(20)14-4-3-5-15(10-14)18-25(21,22)16-7-6-13(2)24-16/h3-7,10,12,18H,8-9,11H2,1-2H3. The van der Waals surface area contributed by atoms with E-state index in [1.165, 1.54) is 11.3 Å². The molecule has 1 atom stereocenters. The number of morpholine rings is 1. The van der Waals surface area contributed by atoms with Crippen LogP contribution in [0.25, 0.3) is 0 Å². The molecule has 1 saturated heterocycles. The van der Waals surface area contributed by atoms with E-state index >= 15 is 0 Å². The monoisotopic (exact) mass is 380 g/mol. The van der Waals surface area contributed by atoms with Gasteiger partial charge in [-0.2, -0.15) is 0 Å². The number of thiophene rings is 1. The maximum absolute atomic E-state index is 12.6. The van der Waals surface area contributed by atoms with Crippen LogP contribution >= 0.6 is 11.3 Å². The second-order valence-electron chi connectivity index (χ2n) is 5.98. The number of amides is 1. The van der Waals surface area contributed by atoms with Gasteiger partial charge in [-0.05, 0) is 44.2 Å². The molecule has 25 heavy (non-hydrogen) atoms. The molecule has 2 aromatic rings. The Labute approximate surface area is 151 Å². The molecule has 2 heterocycles. The molecule has 134 valence electrons. The first-order valence-electron chi connectivity index (χ1n) is 7.95. The lowest BCUT2D eigenvalue weighted by molar-refractivity contribution is -0.0124. The van der Waals surface area contributed by atoms with Gasteiger partial charge in [0, 0.05) is 29.2 Å². The number of carbonyl (C=O) groups is 1. The molecule has 0 aliphatic carbocycles. The fraction of sp³-hybridized carbons (Fsp3) is 0.353. The van der Waals surface area contributed by atoms with Gasteiger partial charge in [-0.3, -0.25) is 9.52 Å². The van der Waals surface area contributed by atoms with Crippen molar-refractivity contribution >= 4 is 33.0 Å². The zero-order chi connectivity index (χ0) is 18.0. The number of nitrogens with zero attached hydrogens (tertiary/aromatic N) is 1. The van der Waals surface area contributed by atoms with Gasteiger partial charge in [0.05, 0.1) is 12.7 Å². The summed E-state index contributed by atoms with van der Waals surface area (Å²) in [5.41, 5.74) is 0.829. The first-order chi connectivity index (χ1) is 11.8. The van der Waals surface area contributed by atoms with Crippen LogP contribution in [0.4, 0.5) is 5.69 Å². The van der Waals surface area contributed by atoms with E-state index < -0.39 is 10.0 Å². The number of hydrogen-bond acceptors (Lipinski definition) is 5. The molecular weight excluding hydrogens is 360 g/mol. The van der Waals surface area contributed by atoms with Crippen LogP contribution in [0.5, 0.6) is 0 Å². The molecule has 1 aromatic carbocycles. The number of rotatable bonds is 4. The normalized spacial score (nSPS) is 18.2. The lowest BCUT2D eigenvalue weighted by Gasteiger charge is -2.31. The van der Waals surface area contributed by atoms with Crippen molar-refractivity contribution in [1.29, 1.82) is 0 Å². The smallest absolute Gasteiger partial charge is 0.271 e. The van der Waals surface area contributed by atoms with E-state index in [-0.39, 0.29) is 16.2 Å². The largest absolute Gasteiger partial charge is 0.375 e. The van der Waals surface area contributed by atoms with Gasteiger partial charge in [-0.1, -0.05) is 6.07 Å². The SMILES string of the molecule is Cc1ccc(S(=O)(=O)Nc2cccc(C(=O)N3CCOC(C)C3)c2)s1. The van der Waals surface area contributed by atoms with Crippen LogP contribution in [-0.2, 0) is 14.8 Å². The first kappa shape index (κ1) is 17.9. The number of nitrogens with one attached hydrogen (secondary N) is 1. The van der Waals surface area contributed by atoms with Crippen molar-refractivity contribution in [3.63, 3.8) is 0 Å². The summed E-state index contributed by atoms with van der Waals surface area (Å²) in [5, 5.41) is 0. The van der Waals surface area contributed by atoms with Crippen LogP contribution in [0.1, 0.15) is 22.2 Å². The third kappa shape index (κ3) is 4.20. The summed E-state index contributed by atoms with van der Waals surface area (Å²) >= 11 is 1.21. The number of anilines is 1. The fourth-order valence-corrected chi connectivity index (χ4v) is 5.00. The van der Waals surface area contributed by atoms with Gasteiger partial charge < -0.3 is 9.64 Å². The summed E-state index contributed by atoms with van der Waals surface area (Å²) in [6, 6.07) is 9.91. The molecule has 0 saturated carbocycles. The highest BCUT2D eigenvalue weighted by atomic mass is 32.2. The minimum absolute atomic E-state index is 0.00135. The predicted octanol–water partition coefficient (Wildman–Crippen LogP) is 2.72. The van der Waals surface area contributed by atoms with Crippen molar-refractivity contribution in [2.45, 2.75) is 24.2 Å². The Morgan fingerprint density at radius 1 is 1.32 bits per heavy atom. The highest BCUT2D eigenvalue weighted by Crippen LogP contribution is 2.24. The summed E-state index contributed by atoms with van der Waals surface area (Å²) < 4.78 is 33.1. The molecule has 1 aliphatic heterocycles. The summed E-state index contributed by atoms with van der Waals surface area (Å²) in [5.74, 6) is -0.122. The zero-order valence-corrected chi connectivity index (χ0v) is 15.7. The van der Waals surface area contributed by atoms with E-state index in [9.17, 15) is 13.2 Å². The third-order valence-corrected chi connectivity index (χ3v) is 6.74. The van der Waals surface area contributed by atoms with Gasteiger partial charge in [0.2, 0.25) is 0 Å². The summed E-state index contributed by atoms with van der Waals surface area (Å²) in [7, 11) is -3.64. The molecule has 1 unspecified atom stereocenters. The van der Waals surface area contributed by atoms with Gasteiger partial charge >= 0.3 is 0 Å². The van der Waals surface area contributed by atoms with E-state index in [4.69, 9.17) is 4.74 Å². The quantitative estimate of drug-likeness (QED) is 0.885. The topological polar surface area (TPSA) is 75.7 Å². The lowest BCUT2D eigenvalue weighted by Crippen LogP contribution is -2.44. The summed E-state index contributed by atoms with van der Waals surface area (Å²) in [4.78, 5) is 15.3. The number of sulfonamides is 1. The maximum atomic E-state index is 12.6. The Bertz CT molecular complexity index is 876. The highest BCUT2D eigenvalue weighted by molar-refractivity contribution is 7.94. The molecule has 0 spiro atoms. The first-order valence-corrected chi connectivity index (χ1v) is 10.3. The van der Waals surface area contributed by atoms with Crippen LogP contribution in [0.15, 0.2) is 40.6 Å². The van der Waals surface area contributed by atoms with Crippen molar-refractivity contribution in [3.8, 4) is 0 Å². The van der Waals surface area contributed by atoms with Crippen LogP contribution in [0.2, 0.25) is 0 Å². The molecule has 0 radical (unpaired) electrons. The molecule has 6 nitrogen and oxygen atoms in total. The minimum atomic E-state index is -3.64. The molecule has 1 fully saturated rings. The lowest BCUT2D eigenvalue weighted by atomic mass is 10.1. The fourth-order valence-electron chi connectivity index (χ4n) is 2.66. The predicted molar refractivity (Wildman–Crippen MR) is 97.6 cm³/mol. The van der Waals surface area contributed by atoms with E-state index in [0.717, 1.165) is 4.88 Å². The van der Waals surface area contributed by atoms with Crippen LogP contribution < -0.4 is 4.72 Å². The van der Waals surface area contributed by atoms with Gasteiger partial charge in [0.25, 0.3) is 15.9 Å². The molecular formula is C17H20N2O4S2. The molecule has 1 aromatic heterocycles. The van der Waals surface area contributed by atoms with Gasteiger partial charge in [-0.25, -0.2) is 8.42 Å². The molecule has 3 rings (SSSR count). The van der Waals surface area contributed by atoms with Crippen molar-refractivity contribution in [3.05, 3.63) is 46.8 Å². The molecule has 1 N–H and O–H groups in total. The summed E-state index contributed by atoms with van der Waals surface area (Å²) in [6.45, 7) is 5.35. The van der Waals surface area contributed by atoms with Gasteiger partial charge in [0.1, 0.15) is 4.21 Å². The zero-order valence-electron chi connectivity index (χ0n) is 14.1. The Balaban J connectivity index is 1.78. The van der Waals surface area contributed by atoms with E-state index in [1.807, 2.05) is 13.8 Å². The van der Waals surface area contributed by atoms with E-state index in [0.29, 0.717) is 30.9 Å². The molecule has 1 amide bonds. The Kier molecular flexibility index (Phi) is 5.12. The summed E-state index contributed by atoms with van der Waals surface area (Å²) in [6.07, 6.45) is 0.00135. The minimum Gasteiger partial charge on any atom is -0.375 e. The van der Waals surface area contributed by atoms with Crippen molar-refractivity contribution in [1.82, 2.24) is 4.90 Å². The Morgan fingerprint density at radius 2 is 2.12 bits per heavy atom. The second kappa shape index (κ2) is 7.15. The molecule has 8 heteroatoms. The third-order valence-electron chi connectivity index (χ3n) is 3.87. The average Bonchev–Trinajstić information content (AvgIpc) is 3.01. The second-order valence-corrected chi connectivity index (χ2v) is 9.18. The number of aryl methyl sites for hydroxylation is 1. The van der Waals surface area contributed by atoms with Crippen molar-refractivity contribution in [2.24, 2.45) is 0 Å². The Morgan fingerprint density at radius 3 is 2.80 bits per heavy atom. The number of hydrogen-bond donors (Lipinski definition) is 1. The number of ether oxygens (including phenoxy) is 1. The van der Waals surface area contributed by atoms with Crippen LogP contribution in [0.3, 0.4) is 0 Å². The average molecular weight is 380 g/mol. The van der Waals surface area contributed by atoms with Crippen molar-refractivity contribution < 1.29 is 17.9 Å². The Hall–Kier alpha value is -1.90. The van der Waals surface area contributed by atoms with E-state index in [1.54, 1.807) is 41.3 Å². The molecule has 0 bridgehead atoms. The van der Waals surface area contributed by atoms with Crippen LogP contribution in [-0.4, -0.2) is 45.0 Å². The van der Waals surface area contributed by atoms with Crippen LogP contribution in [0, 0.1) is 6.92 Å². The van der Waals surface area contributed by atoms with Gasteiger partial charge in [-0.15, -0.1) is 11.3 Å². The number of benzene rings is 1. The highest BCUT2D eigenvalue weighted by Gasteiger charge is 2.23.